The highest BCUT2D eigenvalue weighted by atomic mass is 16.5. The van der Waals surface area contributed by atoms with Gasteiger partial charge in [-0.15, -0.1) is 0 Å². The first kappa shape index (κ1) is 23.2. The molecular weight excluding hydrogens is 448 g/mol. The van der Waals surface area contributed by atoms with Gasteiger partial charge in [0.15, 0.2) is 11.5 Å². The third-order valence-electron chi connectivity index (χ3n) is 6.17. The molecule has 1 fully saturated rings. The molecule has 3 aromatic rings. The number of aromatic nitrogens is 3. The molecule has 2 aliphatic rings. The first-order valence-electron chi connectivity index (χ1n) is 12.0. The van der Waals surface area contributed by atoms with Gasteiger partial charge in [0.1, 0.15) is 6.61 Å². The minimum atomic E-state index is -0.303. The van der Waals surface area contributed by atoms with Crippen LogP contribution in [0.25, 0.3) is 11.1 Å². The van der Waals surface area contributed by atoms with Gasteiger partial charge in [0.25, 0.3) is 5.91 Å². The predicted octanol–water partition coefficient (Wildman–Crippen LogP) is 3.92. The first-order chi connectivity index (χ1) is 17.2. The maximum absolute atomic E-state index is 13.2. The van der Waals surface area contributed by atoms with Crippen LogP contribution < -0.4 is 10.1 Å². The molecule has 0 saturated carbocycles. The second-order valence-electron chi connectivity index (χ2n) is 8.62. The van der Waals surface area contributed by atoms with E-state index in [1.54, 1.807) is 23.1 Å². The standard InChI is InChI=1S/C26H28N4O5/c31-23-5-2-10-33-13-14-35-24-16-19(6-9-27-24)18-3-1-4-20(15-18)26(32)28-22-17-30(29-25(22)23)21-7-11-34-12-8-21/h1,3-4,6,9,15-17,21H,2,5,7-8,10-14H2,(H,28,32). The van der Waals surface area contributed by atoms with Gasteiger partial charge in [0.05, 0.1) is 18.3 Å². The molecule has 1 N–H and O–H groups in total. The molecule has 5 rings (SSSR count). The lowest BCUT2D eigenvalue weighted by molar-refractivity contribution is 0.0660. The maximum atomic E-state index is 13.2. The number of amides is 1. The van der Waals surface area contributed by atoms with E-state index in [2.05, 4.69) is 15.4 Å². The summed E-state index contributed by atoms with van der Waals surface area (Å²) in [5, 5.41) is 7.52. The van der Waals surface area contributed by atoms with Gasteiger partial charge in [-0.3, -0.25) is 14.3 Å². The largest absolute Gasteiger partial charge is 0.475 e. The van der Waals surface area contributed by atoms with Crippen LogP contribution >= 0.6 is 0 Å². The Labute approximate surface area is 203 Å². The van der Waals surface area contributed by atoms with Crippen molar-refractivity contribution in [2.24, 2.45) is 0 Å². The van der Waals surface area contributed by atoms with Crippen LogP contribution in [-0.4, -0.2) is 59.5 Å². The molecule has 9 heteroatoms. The average molecular weight is 477 g/mol. The lowest BCUT2D eigenvalue weighted by atomic mass is 10.0. The van der Waals surface area contributed by atoms with Gasteiger partial charge in [0, 0.05) is 50.3 Å². The number of carbonyl (C=O) groups is 2. The third-order valence-corrected chi connectivity index (χ3v) is 6.17. The Balaban J connectivity index is 1.47. The number of nitrogens with zero attached hydrogens (tertiary/aromatic N) is 3. The van der Waals surface area contributed by atoms with E-state index in [9.17, 15) is 9.59 Å². The van der Waals surface area contributed by atoms with E-state index in [0.717, 1.165) is 24.0 Å². The number of pyridine rings is 1. The van der Waals surface area contributed by atoms with Crippen LogP contribution in [0.5, 0.6) is 5.88 Å². The fourth-order valence-electron chi connectivity index (χ4n) is 4.29. The van der Waals surface area contributed by atoms with Gasteiger partial charge >= 0.3 is 0 Å². The van der Waals surface area contributed by atoms with Gasteiger partial charge < -0.3 is 19.5 Å². The van der Waals surface area contributed by atoms with Gasteiger partial charge in [-0.1, -0.05) is 12.1 Å². The van der Waals surface area contributed by atoms with E-state index in [1.165, 1.54) is 0 Å². The zero-order chi connectivity index (χ0) is 24.0. The summed E-state index contributed by atoms with van der Waals surface area (Å²) in [5.41, 5.74) is 2.93. The summed E-state index contributed by atoms with van der Waals surface area (Å²) in [5.74, 6) is 0.0600. The summed E-state index contributed by atoms with van der Waals surface area (Å²) in [7, 11) is 0. The number of fused-ring (bicyclic) bond motifs is 6. The van der Waals surface area contributed by atoms with Crippen molar-refractivity contribution in [3.63, 3.8) is 0 Å². The number of anilines is 1. The van der Waals surface area contributed by atoms with E-state index in [-0.39, 0.29) is 29.8 Å². The minimum Gasteiger partial charge on any atom is -0.475 e. The van der Waals surface area contributed by atoms with Gasteiger partial charge in [-0.25, -0.2) is 4.98 Å². The normalized spacial score (nSPS) is 18.1. The highest BCUT2D eigenvalue weighted by Crippen LogP contribution is 2.27. The summed E-state index contributed by atoms with van der Waals surface area (Å²) in [6.45, 7) is 2.48. The number of ether oxygens (including phenoxy) is 3. The minimum absolute atomic E-state index is 0.125. The Morgan fingerprint density at radius 1 is 0.914 bits per heavy atom. The Morgan fingerprint density at radius 2 is 1.71 bits per heavy atom. The molecule has 35 heavy (non-hydrogen) atoms. The van der Waals surface area contributed by atoms with Crippen molar-refractivity contribution >= 4 is 17.4 Å². The molecule has 2 aliphatic heterocycles. The molecule has 0 spiro atoms. The smallest absolute Gasteiger partial charge is 0.255 e. The van der Waals surface area contributed by atoms with Crippen LogP contribution in [0, 0.1) is 0 Å². The number of hydrogen-bond acceptors (Lipinski definition) is 7. The van der Waals surface area contributed by atoms with Crippen molar-refractivity contribution in [3.8, 4) is 17.0 Å². The van der Waals surface area contributed by atoms with Gasteiger partial charge in [-0.05, 0) is 48.6 Å². The van der Waals surface area contributed by atoms with E-state index in [1.807, 2.05) is 30.3 Å². The van der Waals surface area contributed by atoms with Crippen molar-refractivity contribution in [2.45, 2.75) is 31.7 Å². The molecule has 0 atom stereocenters. The number of nitrogens with one attached hydrogen (secondary N) is 1. The van der Waals surface area contributed by atoms with Crippen LogP contribution in [0.1, 0.15) is 52.6 Å². The zero-order valence-electron chi connectivity index (χ0n) is 19.4. The summed E-state index contributed by atoms with van der Waals surface area (Å²) in [6, 6.07) is 11.2. The molecule has 4 bridgehead atoms. The topological polar surface area (TPSA) is 105 Å². The summed E-state index contributed by atoms with van der Waals surface area (Å²) in [6.07, 6.45) is 5.90. The van der Waals surface area contributed by atoms with Gasteiger partial charge in [0.2, 0.25) is 5.88 Å². The van der Waals surface area contributed by atoms with Crippen molar-refractivity contribution in [3.05, 3.63) is 60.0 Å². The fourth-order valence-corrected chi connectivity index (χ4v) is 4.29. The average Bonchev–Trinajstić information content (AvgIpc) is 3.32. The van der Waals surface area contributed by atoms with Crippen molar-refractivity contribution < 1.29 is 23.8 Å². The van der Waals surface area contributed by atoms with Crippen molar-refractivity contribution in [1.29, 1.82) is 0 Å². The molecule has 1 saturated heterocycles. The Hall–Kier alpha value is -3.56. The number of hydrogen-bond donors (Lipinski definition) is 1. The number of rotatable bonds is 1. The molecular formula is C26H28N4O5. The first-order valence-corrected chi connectivity index (χ1v) is 12.0. The van der Waals surface area contributed by atoms with Crippen molar-refractivity contribution in [2.75, 3.05) is 38.4 Å². The summed E-state index contributed by atoms with van der Waals surface area (Å²) in [4.78, 5) is 30.5. The van der Waals surface area contributed by atoms with Crippen LogP contribution in [-0.2, 0) is 9.47 Å². The molecule has 0 aliphatic carbocycles. The summed E-state index contributed by atoms with van der Waals surface area (Å²) < 4.78 is 18.6. The molecule has 9 nitrogen and oxygen atoms in total. The number of benzene rings is 1. The predicted molar refractivity (Wildman–Crippen MR) is 129 cm³/mol. The van der Waals surface area contributed by atoms with E-state index >= 15 is 0 Å². The van der Waals surface area contributed by atoms with E-state index in [0.29, 0.717) is 56.6 Å². The quantitative estimate of drug-likeness (QED) is 0.568. The Bertz CT molecular complexity index is 1200. The van der Waals surface area contributed by atoms with Crippen molar-refractivity contribution in [1.82, 2.24) is 14.8 Å². The SMILES string of the molecule is O=C1Nc2cn(C3CCOCC3)nc2C(=O)CCCOCCOc2cc(ccn2)-c2cccc1c2. The van der Waals surface area contributed by atoms with Gasteiger partial charge in [-0.2, -0.15) is 5.10 Å². The second-order valence-corrected chi connectivity index (χ2v) is 8.62. The zero-order valence-corrected chi connectivity index (χ0v) is 19.4. The molecule has 1 aromatic carbocycles. The Morgan fingerprint density at radius 3 is 2.60 bits per heavy atom. The lowest BCUT2D eigenvalue weighted by Gasteiger charge is -2.22. The van der Waals surface area contributed by atoms with Crippen LogP contribution in [0.2, 0.25) is 0 Å². The highest BCUT2D eigenvalue weighted by molar-refractivity contribution is 6.09. The summed E-state index contributed by atoms with van der Waals surface area (Å²) >= 11 is 0. The fraction of sp³-hybridized carbons (Fsp3) is 0.385. The molecule has 4 heterocycles. The lowest BCUT2D eigenvalue weighted by Crippen LogP contribution is -2.20. The maximum Gasteiger partial charge on any atom is 0.255 e. The molecule has 2 aromatic heterocycles. The monoisotopic (exact) mass is 476 g/mol. The second kappa shape index (κ2) is 10.8. The number of carbonyl (C=O) groups excluding carboxylic acids is 2. The highest BCUT2D eigenvalue weighted by Gasteiger charge is 2.24. The van der Waals surface area contributed by atoms with E-state index in [4.69, 9.17) is 14.2 Å². The molecule has 182 valence electrons. The third kappa shape index (κ3) is 5.58. The molecule has 1 amide bonds. The number of ketones is 1. The molecule has 0 unspecified atom stereocenters. The van der Waals surface area contributed by atoms with Crippen LogP contribution in [0.4, 0.5) is 5.69 Å². The van der Waals surface area contributed by atoms with E-state index < -0.39 is 0 Å². The van der Waals surface area contributed by atoms with Crippen LogP contribution in [0.15, 0.2) is 48.8 Å². The van der Waals surface area contributed by atoms with Crippen LogP contribution in [0.3, 0.4) is 0 Å². The Kier molecular flexibility index (Phi) is 7.15. The number of Topliss-reactive ketones (excluding diaryl/α,β-unsaturated/α-hetero) is 1. The molecule has 0 radical (unpaired) electrons.